The molecule has 0 amide bonds. The summed E-state index contributed by atoms with van der Waals surface area (Å²) in [6, 6.07) is 15.8. The fraction of sp³-hybridized carbons (Fsp3) is 0.378. The number of hydrogen-bond acceptors (Lipinski definition) is 9. The monoisotopic (exact) mass is 719 g/mol. The molecule has 1 aromatic heterocycles. The van der Waals surface area contributed by atoms with E-state index < -0.39 is 11.7 Å². The van der Waals surface area contributed by atoms with Crippen LogP contribution in [-0.2, 0) is 15.8 Å². The maximum absolute atomic E-state index is 13.0. The molecule has 5 N–H and O–H groups in total. The van der Waals surface area contributed by atoms with E-state index in [-0.39, 0.29) is 24.9 Å². The van der Waals surface area contributed by atoms with Crippen LogP contribution in [0.2, 0.25) is 0 Å². The summed E-state index contributed by atoms with van der Waals surface area (Å²) in [5.74, 6) is 2.29. The van der Waals surface area contributed by atoms with Gasteiger partial charge in [0.25, 0.3) is 0 Å². The van der Waals surface area contributed by atoms with Gasteiger partial charge in [0, 0.05) is 60.3 Å². The number of aromatic nitrogens is 1. The molecule has 2 heterocycles. The van der Waals surface area contributed by atoms with E-state index in [0.717, 1.165) is 64.5 Å². The van der Waals surface area contributed by atoms with Crippen molar-refractivity contribution in [3.8, 4) is 17.2 Å². The largest absolute Gasteiger partial charge is 0.496 e. The molecule has 0 bridgehead atoms. The summed E-state index contributed by atoms with van der Waals surface area (Å²) in [6.45, 7) is 13.0. The Bertz CT molecular complexity index is 1600. The van der Waals surface area contributed by atoms with E-state index >= 15 is 0 Å². The number of nitrogens with one attached hydrogen (secondary N) is 1. The molecule has 0 radical (unpaired) electrons. The molecule has 0 unspecified atom stereocenters. The summed E-state index contributed by atoms with van der Waals surface area (Å²) in [5.41, 5.74) is 14.7. The first-order valence-electron chi connectivity index (χ1n) is 16.0. The van der Waals surface area contributed by atoms with E-state index in [9.17, 15) is 18.0 Å². The van der Waals surface area contributed by atoms with Gasteiger partial charge < -0.3 is 40.7 Å². The van der Waals surface area contributed by atoms with Gasteiger partial charge in [-0.15, -0.1) is 0 Å². The third kappa shape index (κ3) is 13.4. The third-order valence-electron chi connectivity index (χ3n) is 7.39. The number of carbonyl (C=O) groups excluding carboxylic acids is 2. The molecule has 0 spiro atoms. The zero-order valence-electron chi connectivity index (χ0n) is 30.0. The van der Waals surface area contributed by atoms with Crippen LogP contribution in [0.5, 0.6) is 17.2 Å². The Hall–Kier alpha value is -4.49. The number of halogens is 3. The Morgan fingerprint density at radius 2 is 1.52 bits per heavy atom. The number of nitrogens with zero attached hydrogens (tertiary/aromatic N) is 2. The van der Waals surface area contributed by atoms with Gasteiger partial charge in [0.05, 0.1) is 18.2 Å². The Morgan fingerprint density at radius 3 is 2.06 bits per heavy atom. The quantitative estimate of drug-likeness (QED) is 0.133. The van der Waals surface area contributed by atoms with Crippen LogP contribution >= 0.6 is 13.5 Å². The van der Waals surface area contributed by atoms with E-state index in [0.29, 0.717) is 31.2 Å². The summed E-state index contributed by atoms with van der Waals surface area (Å²) in [4.78, 5) is 23.4. The van der Waals surface area contributed by atoms with Crippen LogP contribution in [0.25, 0.3) is 10.9 Å². The molecule has 0 saturated carbocycles. The highest BCUT2D eigenvalue weighted by Crippen LogP contribution is 2.39. The van der Waals surface area contributed by atoms with Gasteiger partial charge in [-0.2, -0.15) is 26.7 Å². The summed E-state index contributed by atoms with van der Waals surface area (Å²) in [6.07, 6.45) is 0.576. The van der Waals surface area contributed by atoms with Crippen molar-refractivity contribution < 1.29 is 32.2 Å². The molecule has 1 aliphatic rings. The standard InChI is InChI=1S/C18H18N2O2.C13H18F3N3.C3H6O.C2H6.CH2O.H2S/c1-11-4-5-13(19)9-18(11)22-16-6-7-20-15-8-12(2)17(21-3)10-14(15)16;1-18-10-4-6-19(7-5-10)12-3-2-9(17)8-11(12)13(14,15)16;1-2-3-4;2*1-2;/h4-10H,19H2,1-3H3;2-3,8,10,18H,4-7,17H2,1H3;3H,2H2,1H3;1-2H3;1H2;1H2. The molecule has 3 aromatic carbocycles. The lowest BCUT2D eigenvalue weighted by Gasteiger charge is -2.35. The highest BCUT2D eigenvalue weighted by Gasteiger charge is 2.35. The molecular formula is C37H52F3N5O4S. The van der Waals surface area contributed by atoms with Gasteiger partial charge >= 0.3 is 6.18 Å². The first-order chi connectivity index (χ1) is 23.4. The van der Waals surface area contributed by atoms with Crippen LogP contribution in [0.15, 0.2) is 60.8 Å². The molecule has 1 saturated heterocycles. The number of methoxy groups -OCH3 is 1. The van der Waals surface area contributed by atoms with Gasteiger partial charge in [-0.1, -0.05) is 26.8 Å². The molecular weight excluding hydrogens is 667 g/mol. The minimum atomic E-state index is -4.37. The highest BCUT2D eigenvalue weighted by atomic mass is 32.1. The van der Waals surface area contributed by atoms with Crippen molar-refractivity contribution in [2.45, 2.75) is 66.1 Å². The number of nitrogens with two attached hydrogens (primary N) is 2. The van der Waals surface area contributed by atoms with Gasteiger partial charge in [-0.25, -0.2) is 0 Å². The smallest absolute Gasteiger partial charge is 0.418 e. The first kappa shape index (κ1) is 45.5. The minimum absolute atomic E-state index is 0. The van der Waals surface area contributed by atoms with Crippen LogP contribution in [-0.4, -0.2) is 51.3 Å². The maximum atomic E-state index is 13.0. The number of rotatable bonds is 6. The number of hydrogen-bond donors (Lipinski definition) is 3. The molecule has 4 aromatic rings. The number of piperidine rings is 1. The van der Waals surface area contributed by atoms with Crippen LogP contribution in [0.1, 0.15) is 56.7 Å². The number of aryl methyl sites for hydroxylation is 2. The number of ether oxygens (including phenoxy) is 2. The van der Waals surface area contributed by atoms with Crippen molar-refractivity contribution in [2.24, 2.45) is 0 Å². The Kier molecular flexibility index (Phi) is 20.9. The van der Waals surface area contributed by atoms with Crippen LogP contribution in [0.4, 0.5) is 30.2 Å². The van der Waals surface area contributed by atoms with Crippen molar-refractivity contribution in [1.82, 2.24) is 10.3 Å². The first-order valence-corrected chi connectivity index (χ1v) is 16.0. The van der Waals surface area contributed by atoms with Gasteiger partial charge in [0.1, 0.15) is 30.3 Å². The number of aldehydes is 1. The number of benzene rings is 3. The second kappa shape index (κ2) is 23.0. The number of alkyl halides is 3. The summed E-state index contributed by atoms with van der Waals surface area (Å²) in [7, 11) is 3.54. The predicted octanol–water partition coefficient (Wildman–Crippen LogP) is 8.26. The normalized spacial score (nSPS) is 12.2. The Balaban J connectivity index is 0.000000789. The number of carbonyl (C=O) groups is 2. The van der Waals surface area contributed by atoms with Crippen molar-refractivity contribution in [3.63, 3.8) is 0 Å². The van der Waals surface area contributed by atoms with E-state index in [4.69, 9.17) is 25.7 Å². The number of anilines is 3. The fourth-order valence-electron chi connectivity index (χ4n) is 4.87. The molecule has 9 nitrogen and oxygen atoms in total. The third-order valence-corrected chi connectivity index (χ3v) is 7.39. The van der Waals surface area contributed by atoms with Gasteiger partial charge in [0.15, 0.2) is 0 Å². The van der Waals surface area contributed by atoms with Crippen molar-refractivity contribution in [2.75, 3.05) is 43.6 Å². The van der Waals surface area contributed by atoms with Gasteiger partial charge in [0.2, 0.25) is 0 Å². The highest BCUT2D eigenvalue weighted by molar-refractivity contribution is 7.59. The SMILES string of the molecule is C=O.CC.CCC=O.CNC1CCN(c2ccc(N)cc2C(F)(F)F)CC1.COc1cc2c(Oc3cc(N)ccc3C)ccnc2cc1C.S. The summed E-state index contributed by atoms with van der Waals surface area (Å²) in [5, 5.41) is 4.07. The van der Waals surface area contributed by atoms with E-state index in [2.05, 4.69) is 10.3 Å². The van der Waals surface area contributed by atoms with Gasteiger partial charge in [-0.3, -0.25) is 4.98 Å². The van der Waals surface area contributed by atoms with Crippen molar-refractivity contribution >= 4 is 54.5 Å². The zero-order chi connectivity index (χ0) is 37.1. The molecule has 0 atom stereocenters. The fourth-order valence-corrected chi connectivity index (χ4v) is 4.87. The molecule has 276 valence electrons. The van der Waals surface area contributed by atoms with Crippen LogP contribution in [0.3, 0.4) is 0 Å². The van der Waals surface area contributed by atoms with Crippen LogP contribution < -0.4 is 31.2 Å². The molecule has 1 aliphatic heterocycles. The zero-order valence-corrected chi connectivity index (χ0v) is 31.0. The number of pyridine rings is 1. The van der Waals surface area contributed by atoms with Gasteiger partial charge in [-0.05, 0) is 87.3 Å². The predicted molar refractivity (Wildman–Crippen MR) is 204 cm³/mol. The maximum Gasteiger partial charge on any atom is 0.418 e. The average molecular weight is 720 g/mol. The average Bonchev–Trinajstić information content (AvgIpc) is 3.11. The van der Waals surface area contributed by atoms with Crippen molar-refractivity contribution in [3.05, 3.63) is 77.5 Å². The number of nitrogen functional groups attached to an aromatic ring is 2. The Morgan fingerprint density at radius 1 is 0.940 bits per heavy atom. The molecule has 50 heavy (non-hydrogen) atoms. The van der Waals surface area contributed by atoms with Crippen molar-refractivity contribution in [1.29, 1.82) is 0 Å². The van der Waals surface area contributed by atoms with Crippen LogP contribution in [0, 0.1) is 13.8 Å². The molecule has 13 heteroatoms. The molecule has 5 rings (SSSR count). The second-order valence-corrected chi connectivity index (χ2v) is 10.7. The molecule has 0 aliphatic carbocycles. The second-order valence-electron chi connectivity index (χ2n) is 10.7. The molecule has 1 fully saturated rings. The lowest BCUT2D eigenvalue weighted by Crippen LogP contribution is -2.41. The number of fused-ring (bicyclic) bond motifs is 1. The summed E-state index contributed by atoms with van der Waals surface area (Å²) >= 11 is 0. The topological polar surface area (TPSA) is 133 Å². The minimum Gasteiger partial charge on any atom is -0.496 e. The van der Waals surface area contributed by atoms with E-state index in [1.807, 2.05) is 84.9 Å². The Labute approximate surface area is 301 Å². The van der Waals surface area contributed by atoms with E-state index in [1.165, 1.54) is 12.1 Å². The van der Waals surface area contributed by atoms with E-state index in [1.54, 1.807) is 18.2 Å². The lowest BCUT2D eigenvalue weighted by atomic mass is 10.0. The lowest BCUT2D eigenvalue weighted by molar-refractivity contribution is -0.137. The summed E-state index contributed by atoms with van der Waals surface area (Å²) < 4.78 is 50.6.